The molecule has 1 heterocycles. The molecule has 0 aromatic carbocycles. The van der Waals surface area contributed by atoms with Gasteiger partial charge in [0.25, 0.3) is 5.91 Å². The molecule has 0 bridgehead atoms. The second-order valence-corrected chi connectivity index (χ2v) is 3.16. The molecule has 6 nitrogen and oxygen atoms in total. The van der Waals surface area contributed by atoms with Crippen molar-refractivity contribution in [2.24, 2.45) is 0 Å². The first-order chi connectivity index (χ1) is 7.20. The Morgan fingerprint density at radius 2 is 2.47 bits per heavy atom. The summed E-state index contributed by atoms with van der Waals surface area (Å²) in [5.74, 6) is -0.180. The predicted molar refractivity (Wildman–Crippen MR) is 56.3 cm³/mol. The van der Waals surface area contributed by atoms with E-state index in [0.29, 0.717) is 30.9 Å². The molecule has 0 spiro atoms. The van der Waals surface area contributed by atoms with Crippen molar-refractivity contribution in [3.8, 4) is 0 Å². The number of carbonyl (C=O) groups excluding carboxylic acids is 1. The Labute approximate surface area is 88.1 Å². The van der Waals surface area contributed by atoms with Crippen LogP contribution in [0.1, 0.15) is 23.8 Å². The number of nitrogens with two attached hydrogens (primary N) is 1. The number of aliphatic hydroxyl groups excluding tert-OH is 1. The molecule has 1 rings (SSSR count). The van der Waals surface area contributed by atoms with Crippen molar-refractivity contribution in [1.29, 1.82) is 0 Å². The highest BCUT2D eigenvalue weighted by Crippen LogP contribution is 2.09. The number of nitrogens with zero attached hydrogens (tertiary/aromatic N) is 2. The Kier molecular flexibility index (Phi) is 4.11. The highest BCUT2D eigenvalue weighted by Gasteiger charge is 2.17. The van der Waals surface area contributed by atoms with E-state index in [1.54, 1.807) is 4.90 Å². The molecule has 0 radical (unpaired) electrons. The molecule has 84 valence electrons. The fourth-order valence-corrected chi connectivity index (χ4v) is 1.29. The first-order valence-electron chi connectivity index (χ1n) is 4.89. The lowest BCUT2D eigenvalue weighted by atomic mass is 10.3. The number of carbonyl (C=O) groups is 1. The number of nitrogens with one attached hydrogen (secondary N) is 1. The van der Waals surface area contributed by atoms with Gasteiger partial charge in [-0.3, -0.25) is 9.89 Å². The fraction of sp³-hybridized carbons (Fsp3) is 0.556. The highest BCUT2D eigenvalue weighted by atomic mass is 16.3. The maximum atomic E-state index is 11.9. The molecule has 0 aliphatic heterocycles. The summed E-state index contributed by atoms with van der Waals surface area (Å²) in [4.78, 5) is 13.5. The van der Waals surface area contributed by atoms with E-state index >= 15 is 0 Å². The number of anilines is 1. The van der Waals surface area contributed by atoms with Crippen LogP contribution in [0.4, 0.5) is 5.69 Å². The van der Waals surface area contributed by atoms with Gasteiger partial charge in [0.15, 0.2) is 0 Å². The van der Waals surface area contributed by atoms with Crippen LogP contribution in [-0.4, -0.2) is 45.8 Å². The summed E-state index contributed by atoms with van der Waals surface area (Å²) < 4.78 is 0. The molecular formula is C9H16N4O2. The van der Waals surface area contributed by atoms with Gasteiger partial charge in [-0.05, 0) is 13.3 Å². The minimum Gasteiger partial charge on any atom is -0.396 e. The fourth-order valence-electron chi connectivity index (χ4n) is 1.29. The molecule has 1 aromatic heterocycles. The van der Waals surface area contributed by atoms with Crippen molar-refractivity contribution >= 4 is 11.6 Å². The zero-order valence-corrected chi connectivity index (χ0v) is 8.73. The molecule has 0 fully saturated rings. The van der Waals surface area contributed by atoms with Gasteiger partial charge in [0, 0.05) is 19.7 Å². The van der Waals surface area contributed by atoms with Crippen molar-refractivity contribution in [3.63, 3.8) is 0 Å². The predicted octanol–water partition coefficient (Wildman–Crippen LogP) is -0.164. The minimum absolute atomic E-state index is 0.0717. The number of aromatic nitrogens is 2. The molecular weight excluding hydrogens is 196 g/mol. The van der Waals surface area contributed by atoms with E-state index < -0.39 is 0 Å². The smallest absolute Gasteiger partial charge is 0.274 e. The molecule has 4 N–H and O–H groups in total. The molecule has 6 heteroatoms. The Hall–Kier alpha value is -1.56. The minimum atomic E-state index is -0.180. The summed E-state index contributed by atoms with van der Waals surface area (Å²) in [6.07, 6.45) is 1.97. The number of hydrogen-bond donors (Lipinski definition) is 3. The number of aromatic amines is 1. The van der Waals surface area contributed by atoms with Gasteiger partial charge in [0.1, 0.15) is 5.69 Å². The topological polar surface area (TPSA) is 95.2 Å². The van der Waals surface area contributed by atoms with E-state index in [-0.39, 0.29) is 12.5 Å². The van der Waals surface area contributed by atoms with E-state index in [2.05, 4.69) is 10.2 Å². The molecule has 1 amide bonds. The standard InChI is InChI=1S/C9H16N4O2/c1-2-13(4-3-5-14)9(15)8-7(10)6-11-12-8/h6,14H,2-5,10H2,1H3,(H,11,12). The number of aliphatic hydroxyl groups is 1. The van der Waals surface area contributed by atoms with Gasteiger partial charge in [0.2, 0.25) is 0 Å². The Balaban J connectivity index is 2.69. The molecule has 0 atom stereocenters. The molecule has 0 saturated heterocycles. The van der Waals surface area contributed by atoms with Crippen LogP contribution in [0.2, 0.25) is 0 Å². The average Bonchev–Trinajstić information content (AvgIpc) is 2.65. The Morgan fingerprint density at radius 3 is 2.93 bits per heavy atom. The maximum Gasteiger partial charge on any atom is 0.274 e. The molecule has 1 aromatic rings. The van der Waals surface area contributed by atoms with E-state index in [1.165, 1.54) is 6.20 Å². The summed E-state index contributed by atoms with van der Waals surface area (Å²) in [5, 5.41) is 15.0. The Bertz CT molecular complexity index is 324. The van der Waals surface area contributed by atoms with Gasteiger partial charge in [-0.1, -0.05) is 0 Å². The summed E-state index contributed by atoms with van der Waals surface area (Å²) in [6, 6.07) is 0. The van der Waals surface area contributed by atoms with E-state index in [9.17, 15) is 4.79 Å². The van der Waals surface area contributed by atoms with E-state index in [1.807, 2.05) is 6.92 Å². The lowest BCUT2D eigenvalue weighted by molar-refractivity contribution is 0.0749. The number of nitrogen functional groups attached to an aromatic ring is 1. The van der Waals surface area contributed by atoms with Gasteiger partial charge >= 0.3 is 0 Å². The highest BCUT2D eigenvalue weighted by molar-refractivity contribution is 5.96. The van der Waals surface area contributed by atoms with Crippen LogP contribution in [0, 0.1) is 0 Å². The van der Waals surface area contributed by atoms with Gasteiger partial charge in [-0.2, -0.15) is 5.10 Å². The van der Waals surface area contributed by atoms with Crippen LogP contribution >= 0.6 is 0 Å². The second kappa shape index (κ2) is 5.35. The SMILES string of the molecule is CCN(CCCO)C(=O)c1[nH]ncc1N. The van der Waals surface area contributed by atoms with Crippen molar-refractivity contribution in [2.75, 3.05) is 25.4 Å². The number of H-pyrrole nitrogens is 1. The van der Waals surface area contributed by atoms with Crippen molar-refractivity contribution in [2.45, 2.75) is 13.3 Å². The average molecular weight is 212 g/mol. The first-order valence-corrected chi connectivity index (χ1v) is 4.89. The summed E-state index contributed by atoms with van der Waals surface area (Å²) in [6.45, 7) is 3.05. The molecule has 0 unspecified atom stereocenters. The van der Waals surface area contributed by atoms with E-state index in [0.717, 1.165) is 0 Å². The van der Waals surface area contributed by atoms with Gasteiger partial charge in [-0.15, -0.1) is 0 Å². The van der Waals surface area contributed by atoms with Crippen LogP contribution in [0.15, 0.2) is 6.20 Å². The monoisotopic (exact) mass is 212 g/mol. The maximum absolute atomic E-state index is 11.9. The third kappa shape index (κ3) is 2.69. The van der Waals surface area contributed by atoms with Crippen LogP contribution in [-0.2, 0) is 0 Å². The summed E-state index contributed by atoms with van der Waals surface area (Å²) in [7, 11) is 0. The van der Waals surface area contributed by atoms with Crippen molar-refractivity contribution < 1.29 is 9.90 Å². The number of rotatable bonds is 5. The van der Waals surface area contributed by atoms with Crippen LogP contribution in [0.3, 0.4) is 0 Å². The van der Waals surface area contributed by atoms with Gasteiger partial charge in [0.05, 0.1) is 11.9 Å². The second-order valence-electron chi connectivity index (χ2n) is 3.16. The zero-order chi connectivity index (χ0) is 11.3. The summed E-state index contributed by atoms with van der Waals surface area (Å²) >= 11 is 0. The van der Waals surface area contributed by atoms with Crippen LogP contribution < -0.4 is 5.73 Å². The number of amides is 1. The largest absolute Gasteiger partial charge is 0.396 e. The third-order valence-corrected chi connectivity index (χ3v) is 2.14. The van der Waals surface area contributed by atoms with Gasteiger partial charge in [-0.25, -0.2) is 0 Å². The number of hydrogen-bond acceptors (Lipinski definition) is 4. The lowest BCUT2D eigenvalue weighted by Crippen LogP contribution is -2.32. The van der Waals surface area contributed by atoms with Gasteiger partial charge < -0.3 is 15.7 Å². The molecule has 0 aliphatic carbocycles. The lowest BCUT2D eigenvalue weighted by Gasteiger charge is -2.19. The normalized spacial score (nSPS) is 10.3. The Morgan fingerprint density at radius 1 is 1.73 bits per heavy atom. The first kappa shape index (κ1) is 11.5. The molecule has 15 heavy (non-hydrogen) atoms. The van der Waals surface area contributed by atoms with E-state index in [4.69, 9.17) is 10.8 Å². The van der Waals surface area contributed by atoms with Crippen LogP contribution in [0.5, 0.6) is 0 Å². The zero-order valence-electron chi connectivity index (χ0n) is 8.73. The molecule has 0 aliphatic rings. The van der Waals surface area contributed by atoms with Crippen molar-refractivity contribution in [3.05, 3.63) is 11.9 Å². The third-order valence-electron chi connectivity index (χ3n) is 2.14. The van der Waals surface area contributed by atoms with Crippen molar-refractivity contribution in [1.82, 2.24) is 15.1 Å². The summed E-state index contributed by atoms with van der Waals surface area (Å²) in [5.41, 5.74) is 6.24. The quantitative estimate of drug-likeness (QED) is 0.631. The van der Waals surface area contributed by atoms with Crippen LogP contribution in [0.25, 0.3) is 0 Å². The molecule has 0 saturated carbocycles.